The van der Waals surface area contributed by atoms with Crippen LogP contribution in [0.25, 0.3) is 22.3 Å². The third-order valence-electron chi connectivity index (χ3n) is 6.41. The van der Waals surface area contributed by atoms with Crippen LogP contribution in [-0.4, -0.2) is 56.4 Å². The van der Waals surface area contributed by atoms with Gasteiger partial charge in [-0.15, -0.1) is 0 Å². The zero-order valence-corrected chi connectivity index (χ0v) is 19.0. The van der Waals surface area contributed by atoms with Crippen LogP contribution in [-0.2, 0) is 11.3 Å². The first-order valence-corrected chi connectivity index (χ1v) is 11.2. The highest BCUT2D eigenvalue weighted by Gasteiger charge is 2.36. The molecule has 0 aliphatic carbocycles. The highest BCUT2D eigenvalue weighted by molar-refractivity contribution is 6.00. The van der Waals surface area contributed by atoms with Gasteiger partial charge in [0.1, 0.15) is 11.3 Å². The summed E-state index contributed by atoms with van der Waals surface area (Å²) in [5.41, 5.74) is 13.6. The fourth-order valence-electron chi connectivity index (χ4n) is 4.70. The number of hydrazine groups is 1. The number of rotatable bonds is 5. The molecule has 33 heavy (non-hydrogen) atoms. The molecule has 0 radical (unpaired) electrons. The molecule has 0 aromatic heterocycles. The number of nitrogens with one attached hydrogen (secondary N) is 2. The van der Waals surface area contributed by atoms with Crippen molar-refractivity contribution in [3.63, 3.8) is 0 Å². The van der Waals surface area contributed by atoms with Gasteiger partial charge in [-0.2, -0.15) is 4.59 Å². The lowest BCUT2D eigenvalue weighted by molar-refractivity contribution is 0.0342. The number of quaternary nitrogens is 1. The van der Waals surface area contributed by atoms with Crippen molar-refractivity contribution in [1.82, 2.24) is 15.0 Å². The maximum Gasteiger partial charge on any atom is 0.341 e. The Bertz CT molecular complexity index is 1180. The van der Waals surface area contributed by atoms with E-state index >= 15 is 0 Å². The average Bonchev–Trinajstić information content (AvgIpc) is 3.14. The van der Waals surface area contributed by atoms with Gasteiger partial charge in [0, 0.05) is 19.6 Å². The highest BCUT2D eigenvalue weighted by Crippen LogP contribution is 2.40. The Labute approximate surface area is 193 Å². The predicted molar refractivity (Wildman–Crippen MR) is 131 cm³/mol. The number of carboxylic acid groups (broad SMARTS) is 1. The number of fused-ring (bicyclic) bond motifs is 1. The molecule has 0 atom stereocenters. The van der Waals surface area contributed by atoms with Crippen molar-refractivity contribution >= 4 is 17.3 Å². The second-order valence-corrected chi connectivity index (χ2v) is 9.04. The molecule has 3 aromatic carbocycles. The predicted octanol–water partition coefficient (Wildman–Crippen LogP) is 3.96. The van der Waals surface area contributed by atoms with E-state index in [0.717, 1.165) is 60.9 Å². The Morgan fingerprint density at radius 3 is 2.42 bits per heavy atom. The second-order valence-electron chi connectivity index (χ2n) is 9.04. The van der Waals surface area contributed by atoms with Crippen LogP contribution in [0.5, 0.6) is 0 Å². The molecule has 2 heterocycles. The van der Waals surface area contributed by atoms with Crippen LogP contribution >= 0.6 is 0 Å². The smallest absolute Gasteiger partial charge is 0.341 e. The molecule has 2 aliphatic rings. The van der Waals surface area contributed by atoms with E-state index in [9.17, 15) is 9.90 Å². The molecule has 7 nitrogen and oxygen atoms in total. The monoisotopic (exact) mass is 445 g/mol. The molecule has 0 saturated carbocycles. The summed E-state index contributed by atoms with van der Waals surface area (Å²) in [4.78, 5) is 14.4. The summed E-state index contributed by atoms with van der Waals surface area (Å²) in [5, 5.41) is 9.83. The van der Waals surface area contributed by atoms with Crippen molar-refractivity contribution in [2.24, 2.45) is 0 Å². The Balaban J connectivity index is 1.46. The van der Waals surface area contributed by atoms with E-state index < -0.39 is 5.97 Å². The maximum absolute atomic E-state index is 12.0. The average molecular weight is 446 g/mol. The lowest BCUT2D eigenvalue weighted by Gasteiger charge is -2.27. The first-order chi connectivity index (χ1) is 15.9. The van der Waals surface area contributed by atoms with Crippen molar-refractivity contribution in [3.05, 3.63) is 71.8 Å². The molecule has 1 saturated heterocycles. The van der Waals surface area contributed by atoms with Gasteiger partial charge in [-0.3, -0.25) is 10.3 Å². The molecule has 0 bridgehead atoms. The molecule has 0 unspecified atom stereocenters. The van der Waals surface area contributed by atoms with E-state index in [2.05, 4.69) is 64.4 Å². The molecule has 5 rings (SSSR count). The maximum atomic E-state index is 12.0. The van der Waals surface area contributed by atoms with Crippen molar-refractivity contribution in [1.29, 1.82) is 0 Å². The minimum absolute atomic E-state index is 0.260. The van der Waals surface area contributed by atoms with Crippen LogP contribution in [0.2, 0.25) is 0 Å². The minimum Gasteiger partial charge on any atom is -0.477 e. The summed E-state index contributed by atoms with van der Waals surface area (Å²) >= 11 is 0. The van der Waals surface area contributed by atoms with Crippen molar-refractivity contribution in [2.45, 2.75) is 6.54 Å². The highest BCUT2D eigenvalue weighted by atomic mass is 16.5. The minimum atomic E-state index is -0.932. The van der Waals surface area contributed by atoms with Crippen molar-refractivity contribution < 1.29 is 14.6 Å². The standard InChI is InChI=1S/C26H28N4O3/c1-30(2)25-23(26(31)32)15-21(16-24(25)27-28-30)18-7-9-19(10-8-18)22-6-4-3-5-20(22)17-29-11-13-33-14-12-29/h3-10,15-16,27-28H,11-14,17H2,1-2H3/p+1. The molecule has 3 N–H and O–H groups in total. The number of carboxylic acids is 1. The third-order valence-corrected chi connectivity index (χ3v) is 6.41. The Kier molecular flexibility index (Phi) is 5.64. The van der Waals surface area contributed by atoms with E-state index in [-0.39, 0.29) is 4.59 Å². The van der Waals surface area contributed by atoms with Gasteiger partial charge >= 0.3 is 5.97 Å². The molecule has 170 valence electrons. The number of benzene rings is 3. The molecule has 0 amide bonds. The summed E-state index contributed by atoms with van der Waals surface area (Å²) in [5.74, 6) is -0.932. The Hall–Kier alpha value is -3.23. The molecule has 1 fully saturated rings. The van der Waals surface area contributed by atoms with E-state index in [1.807, 2.05) is 20.2 Å². The van der Waals surface area contributed by atoms with Gasteiger partial charge in [0.25, 0.3) is 0 Å². The number of morpholine rings is 1. The van der Waals surface area contributed by atoms with Gasteiger partial charge in [-0.05, 0) is 39.9 Å². The summed E-state index contributed by atoms with van der Waals surface area (Å²) in [6, 6.07) is 20.7. The van der Waals surface area contributed by atoms with Crippen LogP contribution in [0, 0.1) is 0 Å². The SMILES string of the molecule is C[N+]1(C)NNc2cc(-c3ccc(-c4ccccc4CN4CCOCC4)cc3)cc(C(=O)O)c21. The largest absolute Gasteiger partial charge is 0.477 e. The van der Waals surface area contributed by atoms with Crippen molar-refractivity contribution in [2.75, 3.05) is 45.8 Å². The zero-order valence-electron chi connectivity index (χ0n) is 19.0. The van der Waals surface area contributed by atoms with E-state index in [0.29, 0.717) is 5.56 Å². The lowest BCUT2D eigenvalue weighted by atomic mass is 9.95. The number of aromatic carboxylic acids is 1. The fraction of sp³-hybridized carbons (Fsp3) is 0.269. The topological polar surface area (TPSA) is 73.8 Å². The molecule has 7 heteroatoms. The first-order valence-electron chi connectivity index (χ1n) is 11.2. The number of carbonyl (C=O) groups is 1. The molecule has 2 aliphatic heterocycles. The first kappa shape index (κ1) is 21.6. The summed E-state index contributed by atoms with van der Waals surface area (Å²) < 4.78 is 5.74. The van der Waals surface area contributed by atoms with Crippen LogP contribution < -0.4 is 15.6 Å². The molecular formula is C26H29N4O3+. The van der Waals surface area contributed by atoms with Gasteiger partial charge in [-0.25, -0.2) is 4.79 Å². The van der Waals surface area contributed by atoms with Gasteiger partial charge in [0.15, 0.2) is 5.69 Å². The van der Waals surface area contributed by atoms with Crippen molar-refractivity contribution in [3.8, 4) is 22.3 Å². The number of anilines is 1. The number of ether oxygens (including phenoxy) is 1. The van der Waals surface area contributed by atoms with E-state index in [4.69, 9.17) is 4.74 Å². The van der Waals surface area contributed by atoms with Crippen LogP contribution in [0.1, 0.15) is 15.9 Å². The van der Waals surface area contributed by atoms with Crippen LogP contribution in [0.4, 0.5) is 11.4 Å². The zero-order chi connectivity index (χ0) is 23.0. The number of hydrogen-bond acceptors (Lipinski definition) is 5. The summed E-state index contributed by atoms with van der Waals surface area (Å²) in [6.07, 6.45) is 0. The molecular weight excluding hydrogens is 416 g/mol. The fourth-order valence-corrected chi connectivity index (χ4v) is 4.70. The van der Waals surface area contributed by atoms with Crippen LogP contribution in [0.15, 0.2) is 60.7 Å². The van der Waals surface area contributed by atoms with Gasteiger partial charge in [0.2, 0.25) is 0 Å². The lowest BCUT2D eigenvalue weighted by Crippen LogP contribution is -2.51. The van der Waals surface area contributed by atoms with Gasteiger partial charge in [-0.1, -0.05) is 54.1 Å². The van der Waals surface area contributed by atoms with Gasteiger partial charge in [0.05, 0.1) is 27.3 Å². The second kappa shape index (κ2) is 8.61. The normalized spacial score (nSPS) is 17.4. The molecule has 0 spiro atoms. The third kappa shape index (κ3) is 4.24. The van der Waals surface area contributed by atoms with E-state index in [1.54, 1.807) is 6.07 Å². The van der Waals surface area contributed by atoms with Crippen LogP contribution in [0.3, 0.4) is 0 Å². The summed E-state index contributed by atoms with van der Waals surface area (Å²) in [7, 11) is 3.82. The van der Waals surface area contributed by atoms with E-state index in [1.165, 1.54) is 11.1 Å². The number of hydrogen-bond donors (Lipinski definition) is 3. The van der Waals surface area contributed by atoms with Gasteiger partial charge < -0.3 is 9.84 Å². The summed E-state index contributed by atoms with van der Waals surface area (Å²) in [6.45, 7) is 4.39. The Morgan fingerprint density at radius 2 is 1.70 bits per heavy atom. The molecule has 3 aromatic rings. The quantitative estimate of drug-likeness (QED) is 0.516. The number of nitrogens with zero attached hydrogens (tertiary/aromatic N) is 2. The Morgan fingerprint density at radius 1 is 1.00 bits per heavy atom.